The summed E-state index contributed by atoms with van der Waals surface area (Å²) in [7, 11) is 0. The number of hydrogen-bond donors (Lipinski definition) is 0. The molecule has 0 amide bonds. The zero-order valence-electron chi connectivity index (χ0n) is 29.3. The average Bonchev–Trinajstić information content (AvgIpc) is 3.91. The summed E-state index contributed by atoms with van der Waals surface area (Å²) in [5.74, 6) is 1.95. The molecule has 0 aliphatic heterocycles. The van der Waals surface area contributed by atoms with Crippen molar-refractivity contribution in [3.8, 4) is 39.9 Å². The monoisotopic (exact) mass is 736 g/mol. The number of benzene rings is 8. The lowest BCUT2D eigenvalue weighted by Crippen LogP contribution is -2.01. The maximum absolute atomic E-state index is 5.22. The van der Waals surface area contributed by atoms with Crippen LogP contribution in [0, 0.1) is 0 Å². The molecule has 8 aromatic carbocycles. The Kier molecular flexibility index (Phi) is 6.64. The van der Waals surface area contributed by atoms with Gasteiger partial charge in [-0.05, 0) is 65.4 Å². The van der Waals surface area contributed by atoms with E-state index in [1.54, 1.807) is 22.7 Å². The Morgan fingerprint density at radius 2 is 0.836 bits per heavy atom. The third-order valence-corrected chi connectivity index (χ3v) is 13.1. The van der Waals surface area contributed by atoms with E-state index in [-0.39, 0.29) is 0 Å². The van der Waals surface area contributed by atoms with Crippen LogP contribution in [0.15, 0.2) is 170 Å². The van der Waals surface area contributed by atoms with Crippen LogP contribution in [0.25, 0.3) is 113 Å². The summed E-state index contributed by atoms with van der Waals surface area (Å²) in [5, 5.41) is 9.97. The molecular formula is C49H28N4S2. The number of para-hydroxylation sites is 1. The summed E-state index contributed by atoms with van der Waals surface area (Å²) in [6.45, 7) is 0. The van der Waals surface area contributed by atoms with E-state index in [0.717, 1.165) is 27.9 Å². The molecule has 0 saturated carbocycles. The second-order valence-corrected chi connectivity index (χ2v) is 16.2. The van der Waals surface area contributed by atoms with Gasteiger partial charge in [-0.2, -0.15) is 0 Å². The van der Waals surface area contributed by atoms with Crippen molar-refractivity contribution >= 4 is 95.6 Å². The van der Waals surface area contributed by atoms with Gasteiger partial charge in [0.15, 0.2) is 17.5 Å². The molecule has 12 rings (SSSR count). The summed E-state index contributed by atoms with van der Waals surface area (Å²) in [6.07, 6.45) is 0. The second-order valence-electron chi connectivity index (χ2n) is 14.0. The Morgan fingerprint density at radius 1 is 0.327 bits per heavy atom. The van der Waals surface area contributed by atoms with Crippen molar-refractivity contribution in [3.63, 3.8) is 0 Å². The van der Waals surface area contributed by atoms with Crippen LogP contribution in [0.4, 0.5) is 0 Å². The predicted molar refractivity (Wildman–Crippen MR) is 234 cm³/mol. The molecule has 4 heterocycles. The van der Waals surface area contributed by atoms with Crippen LogP contribution in [-0.2, 0) is 0 Å². The standard InChI is InChI=1S/C49H28N4S2/c1-2-11-30-26-42-40(25-29(30)10-1)35-14-3-6-17-41(35)53(42)34-13-9-12-31(24-34)47-50-48(32-20-22-38-36-15-4-7-18-43(36)54-45(38)27-32)52-49(51-47)33-21-23-39-37-16-5-8-19-44(37)55-46(39)28-33/h1-28H. The number of aromatic nitrogens is 4. The van der Waals surface area contributed by atoms with Crippen molar-refractivity contribution < 1.29 is 0 Å². The molecule has 4 aromatic heterocycles. The fourth-order valence-corrected chi connectivity index (χ4v) is 10.5. The van der Waals surface area contributed by atoms with Gasteiger partial charge in [0, 0.05) is 73.5 Å². The van der Waals surface area contributed by atoms with Crippen molar-refractivity contribution in [2.24, 2.45) is 0 Å². The lowest BCUT2D eigenvalue weighted by molar-refractivity contribution is 1.07. The van der Waals surface area contributed by atoms with Crippen molar-refractivity contribution in [2.75, 3.05) is 0 Å². The lowest BCUT2D eigenvalue weighted by atomic mass is 10.1. The number of fused-ring (bicyclic) bond motifs is 10. The topological polar surface area (TPSA) is 43.6 Å². The zero-order valence-corrected chi connectivity index (χ0v) is 30.9. The van der Waals surface area contributed by atoms with Gasteiger partial charge >= 0.3 is 0 Å². The van der Waals surface area contributed by atoms with Crippen LogP contribution in [0.2, 0.25) is 0 Å². The summed E-state index contributed by atoms with van der Waals surface area (Å²) in [5.41, 5.74) is 6.26. The number of rotatable bonds is 4. The molecule has 0 radical (unpaired) electrons. The maximum Gasteiger partial charge on any atom is 0.164 e. The largest absolute Gasteiger partial charge is 0.309 e. The molecule has 0 atom stereocenters. The van der Waals surface area contributed by atoms with E-state index in [1.807, 2.05) is 0 Å². The van der Waals surface area contributed by atoms with Gasteiger partial charge in [-0.1, -0.05) is 115 Å². The lowest BCUT2D eigenvalue weighted by Gasteiger charge is -2.12. The van der Waals surface area contributed by atoms with Crippen LogP contribution in [0.1, 0.15) is 0 Å². The van der Waals surface area contributed by atoms with Crippen molar-refractivity contribution in [1.82, 2.24) is 19.5 Å². The fraction of sp³-hybridized carbons (Fsp3) is 0. The number of nitrogens with zero attached hydrogens (tertiary/aromatic N) is 4. The molecule has 0 aliphatic rings. The molecular weight excluding hydrogens is 709 g/mol. The van der Waals surface area contributed by atoms with Gasteiger partial charge in [-0.3, -0.25) is 0 Å². The third kappa shape index (κ3) is 4.85. The molecule has 0 spiro atoms. The van der Waals surface area contributed by atoms with Gasteiger partial charge < -0.3 is 4.57 Å². The van der Waals surface area contributed by atoms with E-state index in [2.05, 4.69) is 174 Å². The van der Waals surface area contributed by atoms with Crippen LogP contribution in [-0.4, -0.2) is 19.5 Å². The molecule has 0 bridgehead atoms. The first-order valence-corrected chi connectivity index (χ1v) is 20.0. The molecule has 12 aromatic rings. The normalized spacial score (nSPS) is 12.0. The highest BCUT2D eigenvalue weighted by molar-refractivity contribution is 7.26. The second kappa shape index (κ2) is 11.9. The highest BCUT2D eigenvalue weighted by Gasteiger charge is 2.18. The van der Waals surface area contributed by atoms with Gasteiger partial charge in [0.2, 0.25) is 0 Å². The van der Waals surface area contributed by atoms with Gasteiger partial charge in [0.1, 0.15) is 0 Å². The van der Waals surface area contributed by atoms with E-state index in [0.29, 0.717) is 17.5 Å². The van der Waals surface area contributed by atoms with E-state index in [1.165, 1.54) is 67.4 Å². The number of thiophene rings is 2. The average molecular weight is 737 g/mol. The van der Waals surface area contributed by atoms with E-state index >= 15 is 0 Å². The number of hydrogen-bond acceptors (Lipinski definition) is 5. The minimum absolute atomic E-state index is 0.640. The summed E-state index contributed by atoms with van der Waals surface area (Å²) in [4.78, 5) is 15.6. The SMILES string of the molecule is c1cc(-c2nc(-c3ccc4c(c3)sc3ccccc34)nc(-c3ccc4c(c3)sc3ccccc34)n2)cc(-n2c3ccccc3c3cc4ccccc4cc32)c1. The van der Waals surface area contributed by atoms with Crippen molar-refractivity contribution in [2.45, 2.75) is 0 Å². The molecule has 0 fully saturated rings. The molecule has 0 aliphatic carbocycles. The maximum atomic E-state index is 5.22. The summed E-state index contributed by atoms with van der Waals surface area (Å²) < 4.78 is 7.36. The Morgan fingerprint density at radius 3 is 1.47 bits per heavy atom. The zero-order chi connectivity index (χ0) is 36.0. The van der Waals surface area contributed by atoms with Gasteiger partial charge in [-0.25, -0.2) is 15.0 Å². The fourth-order valence-electron chi connectivity index (χ4n) is 8.21. The van der Waals surface area contributed by atoms with Crippen molar-refractivity contribution in [3.05, 3.63) is 170 Å². The molecule has 0 saturated heterocycles. The molecule has 6 heteroatoms. The molecule has 0 N–H and O–H groups in total. The predicted octanol–water partition coefficient (Wildman–Crippen LogP) is 13.9. The van der Waals surface area contributed by atoms with Gasteiger partial charge in [0.25, 0.3) is 0 Å². The van der Waals surface area contributed by atoms with E-state index < -0.39 is 0 Å². The van der Waals surface area contributed by atoms with Crippen LogP contribution in [0.5, 0.6) is 0 Å². The first-order chi connectivity index (χ1) is 27.2. The van der Waals surface area contributed by atoms with Crippen LogP contribution >= 0.6 is 22.7 Å². The Bertz CT molecular complexity index is 3380. The summed E-state index contributed by atoms with van der Waals surface area (Å²) >= 11 is 3.61. The molecule has 0 unspecified atom stereocenters. The van der Waals surface area contributed by atoms with Gasteiger partial charge in [-0.15, -0.1) is 22.7 Å². The first-order valence-electron chi connectivity index (χ1n) is 18.3. The Hall–Kier alpha value is -6.73. The highest BCUT2D eigenvalue weighted by Crippen LogP contribution is 2.39. The minimum atomic E-state index is 0.640. The van der Waals surface area contributed by atoms with Crippen LogP contribution < -0.4 is 0 Å². The highest BCUT2D eigenvalue weighted by atomic mass is 32.1. The third-order valence-electron chi connectivity index (χ3n) is 10.8. The quantitative estimate of drug-likeness (QED) is 0.181. The first kappa shape index (κ1) is 30.7. The molecule has 55 heavy (non-hydrogen) atoms. The molecule has 4 nitrogen and oxygen atoms in total. The smallest absolute Gasteiger partial charge is 0.164 e. The summed E-state index contributed by atoms with van der Waals surface area (Å²) in [6, 6.07) is 60.9. The van der Waals surface area contributed by atoms with E-state index in [4.69, 9.17) is 15.0 Å². The minimum Gasteiger partial charge on any atom is -0.309 e. The van der Waals surface area contributed by atoms with E-state index in [9.17, 15) is 0 Å². The van der Waals surface area contributed by atoms with Crippen molar-refractivity contribution in [1.29, 1.82) is 0 Å². The Labute approximate surface area is 323 Å². The Balaban J connectivity index is 1.06. The molecule has 256 valence electrons. The van der Waals surface area contributed by atoms with Gasteiger partial charge in [0.05, 0.1) is 11.0 Å². The van der Waals surface area contributed by atoms with Crippen LogP contribution in [0.3, 0.4) is 0 Å².